The van der Waals surface area contributed by atoms with E-state index in [2.05, 4.69) is 29.6 Å². The molecule has 1 saturated carbocycles. The Morgan fingerprint density at radius 3 is 2.31 bits per heavy atom. The standard InChI is InChI=1S/C27H30N2O6/c1-34-27(25(31)32)12-13-29(16-27)24(30)17-10-11-18(14-17)28-26(33)35-15-23-21-8-4-2-6-19(21)20-7-3-5-9-22(20)23/h2-9,17-18,23H,10-16H2,1H3,(H,28,33)(H,31,32)/t17-,18+,27?/m0/s1. The van der Waals surface area contributed by atoms with Crippen molar-refractivity contribution in [1.29, 1.82) is 0 Å². The highest BCUT2D eigenvalue weighted by Gasteiger charge is 2.48. The Balaban J connectivity index is 1.14. The molecule has 8 nitrogen and oxygen atoms in total. The number of fused-ring (bicyclic) bond motifs is 3. The first-order valence-corrected chi connectivity index (χ1v) is 12.1. The van der Waals surface area contributed by atoms with Crippen LogP contribution >= 0.6 is 0 Å². The van der Waals surface area contributed by atoms with Crippen LogP contribution < -0.4 is 5.32 Å². The van der Waals surface area contributed by atoms with Crippen LogP contribution in [-0.4, -0.2) is 66.4 Å². The van der Waals surface area contributed by atoms with Crippen LogP contribution in [0.5, 0.6) is 0 Å². The van der Waals surface area contributed by atoms with Gasteiger partial charge in [-0.05, 0) is 41.5 Å². The van der Waals surface area contributed by atoms with E-state index in [1.54, 1.807) is 4.90 Å². The largest absolute Gasteiger partial charge is 0.479 e. The van der Waals surface area contributed by atoms with Crippen molar-refractivity contribution in [2.45, 2.75) is 43.2 Å². The van der Waals surface area contributed by atoms with Gasteiger partial charge in [0.1, 0.15) is 6.61 Å². The van der Waals surface area contributed by atoms with E-state index in [-0.39, 0.29) is 43.4 Å². The molecule has 1 aliphatic heterocycles. The second-order valence-electron chi connectivity index (χ2n) is 9.69. The molecule has 3 aliphatic rings. The van der Waals surface area contributed by atoms with Gasteiger partial charge >= 0.3 is 12.1 Å². The van der Waals surface area contributed by atoms with Gasteiger partial charge in [-0.2, -0.15) is 0 Å². The van der Waals surface area contributed by atoms with Crippen molar-refractivity contribution in [2.24, 2.45) is 5.92 Å². The number of carbonyl (C=O) groups is 3. The Bertz CT molecular complexity index is 1100. The minimum absolute atomic E-state index is 0.00323. The smallest absolute Gasteiger partial charge is 0.407 e. The van der Waals surface area contributed by atoms with Gasteiger partial charge in [0, 0.05) is 38.0 Å². The van der Waals surface area contributed by atoms with E-state index >= 15 is 0 Å². The van der Waals surface area contributed by atoms with Crippen LogP contribution in [-0.2, 0) is 19.1 Å². The monoisotopic (exact) mass is 478 g/mol. The Labute approximate surface area is 204 Å². The number of rotatable bonds is 6. The van der Waals surface area contributed by atoms with Crippen LogP contribution in [0.1, 0.15) is 42.7 Å². The normalized spacial score (nSPS) is 25.2. The van der Waals surface area contributed by atoms with Crippen LogP contribution in [0.25, 0.3) is 11.1 Å². The number of carboxylic acid groups (broad SMARTS) is 1. The molecule has 2 aliphatic carbocycles. The van der Waals surface area contributed by atoms with Crippen molar-refractivity contribution >= 4 is 18.0 Å². The van der Waals surface area contributed by atoms with E-state index in [0.717, 1.165) is 11.1 Å². The molecule has 2 amide bonds. The predicted octanol–water partition coefficient (Wildman–Crippen LogP) is 3.40. The zero-order valence-electron chi connectivity index (χ0n) is 19.7. The minimum atomic E-state index is -1.33. The Kier molecular flexibility index (Phi) is 6.23. The van der Waals surface area contributed by atoms with Gasteiger partial charge < -0.3 is 24.8 Å². The average molecular weight is 479 g/mol. The summed E-state index contributed by atoms with van der Waals surface area (Å²) in [5.74, 6) is -1.36. The summed E-state index contributed by atoms with van der Waals surface area (Å²) < 4.78 is 10.9. The van der Waals surface area contributed by atoms with E-state index in [0.29, 0.717) is 25.8 Å². The molecular weight excluding hydrogens is 448 g/mol. The molecule has 2 aromatic rings. The fourth-order valence-electron chi connectivity index (χ4n) is 5.80. The number of likely N-dealkylation sites (tertiary alicyclic amines) is 1. The fourth-order valence-corrected chi connectivity index (χ4v) is 5.80. The molecule has 2 aromatic carbocycles. The topological polar surface area (TPSA) is 105 Å². The number of hydrogen-bond donors (Lipinski definition) is 2. The minimum Gasteiger partial charge on any atom is -0.479 e. The number of carbonyl (C=O) groups excluding carboxylic acids is 2. The van der Waals surface area contributed by atoms with Crippen LogP contribution in [0, 0.1) is 5.92 Å². The Morgan fingerprint density at radius 1 is 1.06 bits per heavy atom. The van der Waals surface area contributed by atoms with Crippen molar-refractivity contribution < 1.29 is 29.0 Å². The molecular formula is C27H30N2O6. The zero-order valence-corrected chi connectivity index (χ0v) is 19.7. The molecule has 8 heteroatoms. The maximum Gasteiger partial charge on any atom is 0.407 e. The number of benzene rings is 2. The number of nitrogens with zero attached hydrogens (tertiary/aromatic N) is 1. The summed E-state index contributed by atoms with van der Waals surface area (Å²) in [6.45, 7) is 0.662. The summed E-state index contributed by atoms with van der Waals surface area (Å²) in [4.78, 5) is 38.7. The lowest BCUT2D eigenvalue weighted by molar-refractivity contribution is -0.161. The summed E-state index contributed by atoms with van der Waals surface area (Å²) in [6, 6.07) is 16.2. The van der Waals surface area contributed by atoms with E-state index < -0.39 is 17.7 Å². The van der Waals surface area contributed by atoms with Gasteiger partial charge in [0.15, 0.2) is 5.60 Å². The molecule has 0 radical (unpaired) electrons. The van der Waals surface area contributed by atoms with Gasteiger partial charge in [-0.3, -0.25) is 4.79 Å². The summed E-state index contributed by atoms with van der Waals surface area (Å²) in [5, 5.41) is 12.4. The van der Waals surface area contributed by atoms with Gasteiger partial charge in [-0.1, -0.05) is 48.5 Å². The number of carboxylic acids is 1. The highest BCUT2D eigenvalue weighted by atomic mass is 16.5. The third-order valence-electron chi connectivity index (χ3n) is 7.77. The summed E-state index contributed by atoms with van der Waals surface area (Å²) >= 11 is 0. The number of methoxy groups -OCH3 is 1. The number of aliphatic carboxylic acids is 1. The van der Waals surface area contributed by atoms with Crippen LogP contribution in [0.4, 0.5) is 4.79 Å². The molecule has 1 heterocycles. The second-order valence-corrected chi connectivity index (χ2v) is 9.69. The molecule has 0 aromatic heterocycles. The lowest BCUT2D eigenvalue weighted by Gasteiger charge is -2.24. The lowest BCUT2D eigenvalue weighted by atomic mass is 9.98. The summed E-state index contributed by atoms with van der Waals surface area (Å²) in [6.07, 6.45) is 1.65. The quantitative estimate of drug-likeness (QED) is 0.659. The number of hydrogen-bond acceptors (Lipinski definition) is 5. The van der Waals surface area contributed by atoms with Crippen molar-refractivity contribution in [3.8, 4) is 11.1 Å². The first-order chi connectivity index (χ1) is 16.9. The average Bonchev–Trinajstić information content (AvgIpc) is 3.59. The van der Waals surface area contributed by atoms with Gasteiger partial charge in [0.05, 0.1) is 6.54 Å². The van der Waals surface area contributed by atoms with E-state index in [1.165, 1.54) is 18.2 Å². The maximum absolute atomic E-state index is 13.0. The van der Waals surface area contributed by atoms with E-state index in [4.69, 9.17) is 9.47 Å². The van der Waals surface area contributed by atoms with E-state index in [9.17, 15) is 19.5 Å². The summed E-state index contributed by atoms with van der Waals surface area (Å²) in [5.41, 5.74) is 3.35. The molecule has 0 bridgehead atoms. The molecule has 3 atom stereocenters. The predicted molar refractivity (Wildman–Crippen MR) is 128 cm³/mol. The molecule has 1 unspecified atom stereocenters. The number of alkyl carbamates (subject to hydrolysis) is 1. The van der Waals surface area contributed by atoms with Crippen molar-refractivity contribution in [3.05, 3.63) is 59.7 Å². The number of amides is 2. The molecule has 1 saturated heterocycles. The highest BCUT2D eigenvalue weighted by Crippen LogP contribution is 2.44. The maximum atomic E-state index is 13.0. The van der Waals surface area contributed by atoms with Gasteiger partial charge in [-0.25, -0.2) is 9.59 Å². The van der Waals surface area contributed by atoms with Crippen LogP contribution in [0.2, 0.25) is 0 Å². The third-order valence-corrected chi connectivity index (χ3v) is 7.77. The molecule has 2 N–H and O–H groups in total. The highest BCUT2D eigenvalue weighted by molar-refractivity contribution is 5.84. The van der Waals surface area contributed by atoms with Gasteiger partial charge in [-0.15, -0.1) is 0 Å². The SMILES string of the molecule is COC1(C(=O)O)CCN(C(=O)[C@H]2CC[C@@H](NC(=O)OCC3c4ccccc4-c4ccccc43)C2)C1. The van der Waals surface area contributed by atoms with Gasteiger partial charge in [0.2, 0.25) is 5.91 Å². The molecule has 2 fully saturated rings. The number of ether oxygens (including phenoxy) is 2. The third kappa shape index (κ3) is 4.27. The molecule has 35 heavy (non-hydrogen) atoms. The van der Waals surface area contributed by atoms with Crippen LogP contribution in [0.3, 0.4) is 0 Å². The Morgan fingerprint density at radius 2 is 1.71 bits per heavy atom. The zero-order chi connectivity index (χ0) is 24.6. The second kappa shape index (κ2) is 9.34. The summed E-state index contributed by atoms with van der Waals surface area (Å²) in [7, 11) is 1.37. The first-order valence-electron chi connectivity index (χ1n) is 12.1. The van der Waals surface area contributed by atoms with Crippen molar-refractivity contribution in [3.63, 3.8) is 0 Å². The lowest BCUT2D eigenvalue weighted by Crippen LogP contribution is -2.45. The first kappa shape index (κ1) is 23.4. The van der Waals surface area contributed by atoms with Crippen molar-refractivity contribution in [1.82, 2.24) is 10.2 Å². The molecule has 184 valence electrons. The Hall–Kier alpha value is -3.39. The fraction of sp³-hybridized carbons (Fsp3) is 0.444. The van der Waals surface area contributed by atoms with Gasteiger partial charge in [0.25, 0.3) is 0 Å². The molecule has 5 rings (SSSR count). The van der Waals surface area contributed by atoms with E-state index in [1.807, 2.05) is 24.3 Å². The van der Waals surface area contributed by atoms with Crippen molar-refractivity contribution in [2.75, 3.05) is 26.8 Å². The van der Waals surface area contributed by atoms with Crippen LogP contribution in [0.15, 0.2) is 48.5 Å². The number of nitrogens with one attached hydrogen (secondary N) is 1. The molecule has 0 spiro atoms.